The molecule has 1 aromatic heterocycles. The van der Waals surface area contributed by atoms with Gasteiger partial charge in [0, 0.05) is 5.56 Å². The number of nitrogens with two attached hydrogens (primary N) is 1. The van der Waals surface area contributed by atoms with Gasteiger partial charge in [0.25, 0.3) is 0 Å². The molecule has 1 aliphatic carbocycles. The third-order valence-electron chi connectivity index (χ3n) is 3.77. The van der Waals surface area contributed by atoms with E-state index in [0.29, 0.717) is 17.3 Å². The van der Waals surface area contributed by atoms with Crippen molar-refractivity contribution in [2.45, 2.75) is 39.0 Å². The van der Waals surface area contributed by atoms with Crippen molar-refractivity contribution in [3.63, 3.8) is 0 Å². The molecule has 0 spiro atoms. The Bertz CT molecular complexity index is 625. The highest BCUT2D eigenvalue weighted by atomic mass is 16.5. The summed E-state index contributed by atoms with van der Waals surface area (Å²) in [6, 6.07) is 5.92. The molecule has 0 unspecified atom stereocenters. The summed E-state index contributed by atoms with van der Waals surface area (Å²) in [4.78, 5) is 8.63. The van der Waals surface area contributed by atoms with E-state index in [1.54, 1.807) is 6.33 Å². The van der Waals surface area contributed by atoms with Gasteiger partial charge in [0.05, 0.1) is 11.4 Å². The van der Waals surface area contributed by atoms with Crippen molar-refractivity contribution in [3.05, 3.63) is 41.3 Å². The summed E-state index contributed by atoms with van der Waals surface area (Å²) < 4.78 is 5.93. The standard InChI is InChI=1S/C16H19N3O/c1-2-11-7-8-15(13(17)9-11)20-16-12-5-3-4-6-14(12)18-10-19-16/h7-10H,2-6,17H2,1H3. The SMILES string of the molecule is CCc1ccc(Oc2ncnc3c2CCCC3)c(N)c1. The largest absolute Gasteiger partial charge is 0.436 e. The molecule has 0 saturated heterocycles. The summed E-state index contributed by atoms with van der Waals surface area (Å²) in [6.07, 6.45) is 6.90. The number of hydrogen-bond acceptors (Lipinski definition) is 4. The van der Waals surface area contributed by atoms with E-state index in [2.05, 4.69) is 16.9 Å². The lowest BCUT2D eigenvalue weighted by Crippen LogP contribution is -2.08. The Kier molecular flexibility index (Phi) is 3.54. The lowest BCUT2D eigenvalue weighted by atomic mass is 9.97. The molecular formula is C16H19N3O. The predicted molar refractivity (Wildman–Crippen MR) is 79.0 cm³/mol. The van der Waals surface area contributed by atoms with Gasteiger partial charge in [-0.05, 0) is 49.8 Å². The zero-order valence-corrected chi connectivity index (χ0v) is 11.7. The highest BCUT2D eigenvalue weighted by Gasteiger charge is 2.17. The van der Waals surface area contributed by atoms with Crippen LogP contribution < -0.4 is 10.5 Å². The van der Waals surface area contributed by atoms with Crippen molar-refractivity contribution in [2.24, 2.45) is 0 Å². The minimum absolute atomic E-state index is 0.658. The molecule has 0 fully saturated rings. The maximum atomic E-state index is 6.05. The molecule has 0 aliphatic heterocycles. The zero-order valence-electron chi connectivity index (χ0n) is 11.7. The summed E-state index contributed by atoms with van der Waals surface area (Å²) >= 11 is 0. The molecule has 0 amide bonds. The fraction of sp³-hybridized carbons (Fsp3) is 0.375. The van der Waals surface area contributed by atoms with Gasteiger partial charge >= 0.3 is 0 Å². The van der Waals surface area contributed by atoms with Crippen molar-refractivity contribution in [2.75, 3.05) is 5.73 Å². The van der Waals surface area contributed by atoms with E-state index in [-0.39, 0.29) is 0 Å². The Hall–Kier alpha value is -2.10. The lowest BCUT2D eigenvalue weighted by molar-refractivity contribution is 0.449. The molecule has 20 heavy (non-hydrogen) atoms. The molecule has 2 aromatic rings. The van der Waals surface area contributed by atoms with E-state index >= 15 is 0 Å². The molecule has 2 N–H and O–H groups in total. The van der Waals surface area contributed by atoms with Crippen LogP contribution in [-0.2, 0) is 19.3 Å². The van der Waals surface area contributed by atoms with E-state index in [9.17, 15) is 0 Å². The second-order valence-electron chi connectivity index (χ2n) is 5.14. The first-order valence-corrected chi connectivity index (χ1v) is 7.17. The molecule has 0 saturated carbocycles. The highest BCUT2D eigenvalue weighted by Crippen LogP contribution is 2.32. The fourth-order valence-corrected chi connectivity index (χ4v) is 2.59. The molecule has 104 valence electrons. The second-order valence-corrected chi connectivity index (χ2v) is 5.14. The molecule has 1 heterocycles. The van der Waals surface area contributed by atoms with E-state index in [1.807, 2.05) is 18.2 Å². The summed E-state index contributed by atoms with van der Waals surface area (Å²) in [5.41, 5.74) is 10.2. The van der Waals surface area contributed by atoms with Gasteiger partial charge in [-0.3, -0.25) is 0 Å². The molecule has 3 rings (SSSR count). The number of nitrogens with zero attached hydrogens (tertiary/aromatic N) is 2. The van der Waals surface area contributed by atoms with Gasteiger partial charge in [-0.25, -0.2) is 9.97 Å². The van der Waals surface area contributed by atoms with E-state index in [4.69, 9.17) is 10.5 Å². The van der Waals surface area contributed by atoms with Crippen LogP contribution in [0.2, 0.25) is 0 Å². The number of fused-ring (bicyclic) bond motifs is 1. The first-order chi connectivity index (χ1) is 9.78. The van der Waals surface area contributed by atoms with Crippen molar-refractivity contribution in [3.8, 4) is 11.6 Å². The Labute approximate surface area is 119 Å². The Morgan fingerprint density at radius 2 is 2.05 bits per heavy atom. The summed E-state index contributed by atoms with van der Waals surface area (Å²) in [7, 11) is 0. The maximum absolute atomic E-state index is 6.05. The minimum Gasteiger partial charge on any atom is -0.436 e. The monoisotopic (exact) mass is 269 g/mol. The van der Waals surface area contributed by atoms with Crippen LogP contribution in [0.1, 0.15) is 36.6 Å². The quantitative estimate of drug-likeness (QED) is 0.868. The van der Waals surface area contributed by atoms with E-state index < -0.39 is 0 Å². The number of rotatable bonds is 3. The number of hydrogen-bond donors (Lipinski definition) is 1. The van der Waals surface area contributed by atoms with Crippen molar-refractivity contribution in [1.82, 2.24) is 9.97 Å². The first-order valence-electron chi connectivity index (χ1n) is 7.17. The lowest BCUT2D eigenvalue weighted by Gasteiger charge is -2.17. The van der Waals surface area contributed by atoms with Crippen LogP contribution >= 0.6 is 0 Å². The van der Waals surface area contributed by atoms with Gasteiger partial charge < -0.3 is 10.5 Å². The van der Waals surface area contributed by atoms with Gasteiger partial charge in [0.1, 0.15) is 6.33 Å². The Morgan fingerprint density at radius 3 is 2.85 bits per heavy atom. The zero-order chi connectivity index (χ0) is 13.9. The summed E-state index contributed by atoms with van der Waals surface area (Å²) in [5, 5.41) is 0. The summed E-state index contributed by atoms with van der Waals surface area (Å²) in [6.45, 7) is 2.11. The molecule has 0 radical (unpaired) electrons. The van der Waals surface area contributed by atoms with Gasteiger partial charge in [0.15, 0.2) is 5.75 Å². The van der Waals surface area contributed by atoms with Crippen molar-refractivity contribution >= 4 is 5.69 Å². The van der Waals surface area contributed by atoms with Crippen LogP contribution in [0.3, 0.4) is 0 Å². The third-order valence-corrected chi connectivity index (χ3v) is 3.77. The highest BCUT2D eigenvalue weighted by molar-refractivity contribution is 5.55. The van der Waals surface area contributed by atoms with Crippen LogP contribution in [0.25, 0.3) is 0 Å². The predicted octanol–water partition coefficient (Wildman–Crippen LogP) is 3.29. The normalized spacial score (nSPS) is 13.8. The van der Waals surface area contributed by atoms with Crippen LogP contribution in [-0.4, -0.2) is 9.97 Å². The van der Waals surface area contributed by atoms with Gasteiger partial charge in [-0.1, -0.05) is 13.0 Å². The molecule has 4 nitrogen and oxygen atoms in total. The molecule has 1 aliphatic rings. The van der Waals surface area contributed by atoms with Crippen LogP contribution in [0, 0.1) is 0 Å². The minimum atomic E-state index is 0.658. The molecule has 1 aromatic carbocycles. The molecule has 0 atom stereocenters. The Balaban J connectivity index is 1.92. The second kappa shape index (κ2) is 5.49. The number of aromatic nitrogens is 2. The van der Waals surface area contributed by atoms with Crippen molar-refractivity contribution < 1.29 is 4.74 Å². The number of nitrogen functional groups attached to an aromatic ring is 1. The average Bonchev–Trinajstić information content (AvgIpc) is 2.49. The van der Waals surface area contributed by atoms with Crippen molar-refractivity contribution in [1.29, 1.82) is 0 Å². The van der Waals surface area contributed by atoms with E-state index in [0.717, 1.165) is 30.5 Å². The molecule has 0 bridgehead atoms. The third kappa shape index (κ3) is 2.46. The van der Waals surface area contributed by atoms with Crippen LogP contribution in [0.15, 0.2) is 24.5 Å². The average molecular weight is 269 g/mol. The van der Waals surface area contributed by atoms with Crippen LogP contribution in [0.4, 0.5) is 5.69 Å². The number of anilines is 1. The smallest absolute Gasteiger partial charge is 0.225 e. The van der Waals surface area contributed by atoms with Gasteiger partial charge in [0.2, 0.25) is 5.88 Å². The van der Waals surface area contributed by atoms with Gasteiger partial charge in [-0.2, -0.15) is 0 Å². The molecular weight excluding hydrogens is 250 g/mol. The fourth-order valence-electron chi connectivity index (χ4n) is 2.59. The number of aryl methyl sites for hydroxylation is 2. The molecule has 4 heteroatoms. The van der Waals surface area contributed by atoms with Gasteiger partial charge in [-0.15, -0.1) is 0 Å². The van der Waals surface area contributed by atoms with E-state index in [1.165, 1.54) is 18.4 Å². The first kappa shape index (κ1) is 12.9. The number of benzene rings is 1. The van der Waals surface area contributed by atoms with Crippen LogP contribution in [0.5, 0.6) is 11.6 Å². The Morgan fingerprint density at radius 1 is 1.20 bits per heavy atom. The maximum Gasteiger partial charge on any atom is 0.225 e. The summed E-state index contributed by atoms with van der Waals surface area (Å²) in [5.74, 6) is 1.33. The number of ether oxygens (including phenoxy) is 1. The topological polar surface area (TPSA) is 61.0 Å².